The van der Waals surface area contributed by atoms with Crippen molar-refractivity contribution < 1.29 is 4.42 Å². The Morgan fingerprint density at radius 1 is 0.944 bits per heavy atom. The number of pyridine rings is 1. The van der Waals surface area contributed by atoms with E-state index >= 15 is 0 Å². The minimum atomic E-state index is 0.720. The molecule has 2 aromatic carbocycles. The van der Waals surface area contributed by atoms with Crippen molar-refractivity contribution in [3.63, 3.8) is 0 Å². The van der Waals surface area contributed by atoms with Crippen LogP contribution in [0.1, 0.15) is 0 Å². The quantitative estimate of drug-likeness (QED) is 0.434. The van der Waals surface area contributed by atoms with E-state index in [2.05, 4.69) is 49.2 Å². The molecule has 0 radical (unpaired) electrons. The van der Waals surface area contributed by atoms with Gasteiger partial charge in [0.15, 0.2) is 0 Å². The topological polar surface area (TPSA) is 26.0 Å². The third-order valence-corrected chi connectivity index (χ3v) is 3.44. The van der Waals surface area contributed by atoms with E-state index in [4.69, 9.17) is 4.42 Å². The lowest BCUT2D eigenvalue weighted by atomic mass is 9.93. The number of rotatable bonds is 0. The van der Waals surface area contributed by atoms with E-state index in [1.807, 2.05) is 12.3 Å². The highest BCUT2D eigenvalue weighted by molar-refractivity contribution is 6.39. The van der Waals surface area contributed by atoms with Crippen molar-refractivity contribution in [1.29, 1.82) is 0 Å². The molecule has 0 amide bonds. The van der Waals surface area contributed by atoms with Gasteiger partial charge in [-0.05, 0) is 10.8 Å². The lowest BCUT2D eigenvalue weighted by Crippen LogP contribution is -2.00. The zero-order valence-electron chi connectivity index (χ0n) is 9.97. The number of hydrogen-bond donors (Lipinski definition) is 0. The molecule has 0 aliphatic carbocycles. The van der Waals surface area contributed by atoms with Crippen LogP contribution in [0.3, 0.4) is 0 Å². The number of furan rings is 1. The second-order valence-electron chi connectivity index (χ2n) is 4.58. The smallest absolute Gasteiger partial charge is 0.227 e. The molecule has 0 unspecified atom stereocenters. The largest absolute Gasteiger partial charge is 0.438 e. The van der Waals surface area contributed by atoms with E-state index in [0.717, 1.165) is 32.9 Å². The molecule has 18 heavy (non-hydrogen) atoms. The maximum atomic E-state index is 5.88. The van der Waals surface area contributed by atoms with Crippen LogP contribution in [-0.2, 0) is 0 Å². The second kappa shape index (κ2) is 3.36. The third kappa shape index (κ3) is 1.16. The van der Waals surface area contributed by atoms with Gasteiger partial charge in [0.05, 0.1) is 5.39 Å². The van der Waals surface area contributed by atoms with Crippen LogP contribution < -0.4 is 5.46 Å². The predicted octanol–water partition coefficient (Wildman–Crippen LogP) is 2.39. The van der Waals surface area contributed by atoms with Crippen molar-refractivity contribution in [2.75, 3.05) is 0 Å². The summed E-state index contributed by atoms with van der Waals surface area (Å²) in [5, 5.41) is 4.61. The second-order valence-corrected chi connectivity index (χ2v) is 4.58. The van der Waals surface area contributed by atoms with E-state index in [1.165, 1.54) is 5.39 Å². The van der Waals surface area contributed by atoms with Gasteiger partial charge < -0.3 is 4.42 Å². The average Bonchev–Trinajstić information content (AvgIpc) is 2.79. The lowest BCUT2D eigenvalue weighted by molar-refractivity contribution is 0.657. The molecule has 4 aromatic rings. The molecule has 2 aromatic heterocycles. The highest BCUT2D eigenvalue weighted by atomic mass is 16.3. The number of aromatic nitrogens is 1. The molecule has 84 valence electrons. The van der Waals surface area contributed by atoms with Crippen LogP contribution in [0.4, 0.5) is 0 Å². The summed E-state index contributed by atoms with van der Waals surface area (Å²) < 4.78 is 5.88. The Morgan fingerprint density at radius 2 is 1.78 bits per heavy atom. The zero-order valence-corrected chi connectivity index (χ0v) is 9.97. The Bertz CT molecular complexity index is 895. The van der Waals surface area contributed by atoms with Gasteiger partial charge in [-0.3, -0.25) is 0 Å². The summed E-state index contributed by atoms with van der Waals surface area (Å²) in [7, 11) is 2.06. The van der Waals surface area contributed by atoms with Gasteiger partial charge >= 0.3 is 0 Å². The number of nitrogens with zero attached hydrogens (tertiary/aromatic N) is 1. The van der Waals surface area contributed by atoms with Crippen LogP contribution in [0, 0.1) is 0 Å². The first kappa shape index (κ1) is 9.72. The van der Waals surface area contributed by atoms with Crippen LogP contribution in [0.25, 0.3) is 32.8 Å². The summed E-state index contributed by atoms with van der Waals surface area (Å²) in [6.45, 7) is 0. The summed E-state index contributed by atoms with van der Waals surface area (Å²) in [6.07, 6.45) is 1.87. The fourth-order valence-corrected chi connectivity index (χ4v) is 2.56. The van der Waals surface area contributed by atoms with Gasteiger partial charge in [-0.2, -0.15) is 0 Å². The Hall–Kier alpha value is -2.29. The molecule has 0 bridgehead atoms. The highest BCUT2D eigenvalue weighted by Crippen LogP contribution is 2.31. The van der Waals surface area contributed by atoms with Crippen LogP contribution in [0.2, 0.25) is 0 Å². The SMILES string of the molecule is Bc1cccc2c1oc1ncc3ccccc3c12. The van der Waals surface area contributed by atoms with Crippen molar-refractivity contribution in [3.05, 3.63) is 48.7 Å². The lowest BCUT2D eigenvalue weighted by Gasteiger charge is -1.97. The van der Waals surface area contributed by atoms with Gasteiger partial charge in [0.25, 0.3) is 0 Å². The van der Waals surface area contributed by atoms with Crippen molar-refractivity contribution in [2.24, 2.45) is 0 Å². The van der Waals surface area contributed by atoms with Crippen LogP contribution in [-0.4, -0.2) is 12.8 Å². The van der Waals surface area contributed by atoms with Gasteiger partial charge in [-0.1, -0.05) is 42.5 Å². The Kier molecular flexibility index (Phi) is 1.81. The van der Waals surface area contributed by atoms with Crippen LogP contribution in [0.5, 0.6) is 0 Å². The predicted molar refractivity (Wildman–Crippen MR) is 77.2 cm³/mol. The van der Waals surface area contributed by atoms with Crippen molar-refractivity contribution >= 4 is 46.2 Å². The summed E-state index contributed by atoms with van der Waals surface area (Å²) in [6, 6.07) is 14.5. The number of hydrogen-bond acceptors (Lipinski definition) is 2. The average molecular weight is 231 g/mol. The summed E-state index contributed by atoms with van der Waals surface area (Å²) in [5.41, 5.74) is 2.81. The summed E-state index contributed by atoms with van der Waals surface area (Å²) >= 11 is 0. The standard InChI is InChI=1S/C15H10BNO/c16-12-7-3-6-11-13-10-5-2-1-4-9(10)8-17-15(13)18-14(11)12/h1-8H,16H2. The van der Waals surface area contributed by atoms with Gasteiger partial charge in [-0.15, -0.1) is 0 Å². The number of para-hydroxylation sites is 1. The molecule has 0 aliphatic rings. The maximum Gasteiger partial charge on any atom is 0.227 e. The molecule has 0 fully saturated rings. The molecular formula is C15H10BNO. The first-order valence-corrected chi connectivity index (χ1v) is 6.00. The summed E-state index contributed by atoms with van der Waals surface area (Å²) in [4.78, 5) is 4.42. The molecular weight excluding hydrogens is 221 g/mol. The van der Waals surface area contributed by atoms with Crippen LogP contribution >= 0.6 is 0 Å². The van der Waals surface area contributed by atoms with Gasteiger partial charge in [-0.25, -0.2) is 4.98 Å². The molecule has 3 heteroatoms. The van der Waals surface area contributed by atoms with Crippen molar-refractivity contribution in [1.82, 2.24) is 4.98 Å². The Morgan fingerprint density at radius 3 is 2.72 bits per heavy atom. The van der Waals surface area contributed by atoms with Gasteiger partial charge in [0, 0.05) is 17.0 Å². The van der Waals surface area contributed by atoms with E-state index in [0.29, 0.717) is 0 Å². The van der Waals surface area contributed by atoms with Crippen LogP contribution in [0.15, 0.2) is 53.1 Å². The molecule has 2 nitrogen and oxygen atoms in total. The van der Waals surface area contributed by atoms with Crippen molar-refractivity contribution in [2.45, 2.75) is 0 Å². The molecule has 0 saturated carbocycles. The first-order chi connectivity index (χ1) is 8.84. The highest BCUT2D eigenvalue weighted by Gasteiger charge is 2.11. The van der Waals surface area contributed by atoms with E-state index in [9.17, 15) is 0 Å². The molecule has 0 N–H and O–H groups in total. The van der Waals surface area contributed by atoms with Gasteiger partial charge in [0.2, 0.25) is 5.71 Å². The third-order valence-electron chi connectivity index (χ3n) is 3.44. The maximum absolute atomic E-state index is 5.88. The molecule has 0 spiro atoms. The van der Waals surface area contributed by atoms with E-state index in [-0.39, 0.29) is 0 Å². The zero-order chi connectivity index (χ0) is 12.1. The molecule has 0 aliphatic heterocycles. The molecule has 2 heterocycles. The molecule has 0 saturated heterocycles. The van der Waals surface area contributed by atoms with Crippen molar-refractivity contribution in [3.8, 4) is 0 Å². The monoisotopic (exact) mass is 231 g/mol. The first-order valence-electron chi connectivity index (χ1n) is 6.00. The van der Waals surface area contributed by atoms with Gasteiger partial charge in [0.1, 0.15) is 13.4 Å². The normalized spacial score (nSPS) is 11.6. The fraction of sp³-hybridized carbons (Fsp3) is 0. The van der Waals surface area contributed by atoms with E-state index < -0.39 is 0 Å². The number of benzene rings is 2. The van der Waals surface area contributed by atoms with E-state index in [1.54, 1.807) is 0 Å². The Balaban J connectivity index is 2.37. The summed E-state index contributed by atoms with van der Waals surface area (Å²) in [5.74, 6) is 0. The molecule has 4 rings (SSSR count). The minimum absolute atomic E-state index is 0.720. The number of fused-ring (bicyclic) bond motifs is 5. The minimum Gasteiger partial charge on any atom is -0.438 e. The fourth-order valence-electron chi connectivity index (χ4n) is 2.56. The molecule has 0 atom stereocenters. The Labute approximate surface area is 105 Å².